The minimum absolute atomic E-state index is 0.296. The van der Waals surface area contributed by atoms with Crippen molar-refractivity contribution in [2.45, 2.75) is 25.3 Å². The van der Waals surface area contributed by atoms with Crippen LogP contribution in [0.15, 0.2) is 0 Å². The minimum Gasteiger partial charge on any atom is -0.480 e. The first-order chi connectivity index (χ1) is 7.15. The molecule has 6 heteroatoms. The van der Waals surface area contributed by atoms with Crippen molar-refractivity contribution < 1.29 is 19.5 Å². The van der Waals surface area contributed by atoms with Crippen LogP contribution in [0.3, 0.4) is 0 Å². The average molecular weight is 214 g/mol. The van der Waals surface area contributed by atoms with Crippen molar-refractivity contribution in [3.8, 4) is 0 Å². The van der Waals surface area contributed by atoms with Gasteiger partial charge < -0.3 is 15.3 Å². The van der Waals surface area contributed by atoms with E-state index < -0.39 is 12.0 Å². The normalized spacial score (nSPS) is 22.0. The standard InChI is InChI=1S/C9H14N2O4/c12-6-10-7-3-1-2-4-11(9(7)15)5-8(13)14/h6-7H,1-5H2,(H,10,12)(H,13,14)/t7-/m0/s1. The summed E-state index contributed by atoms with van der Waals surface area (Å²) in [5.41, 5.74) is 0. The summed E-state index contributed by atoms with van der Waals surface area (Å²) in [7, 11) is 0. The van der Waals surface area contributed by atoms with Gasteiger partial charge in [0.1, 0.15) is 12.6 Å². The third kappa shape index (κ3) is 3.23. The lowest BCUT2D eigenvalue weighted by Gasteiger charge is -2.21. The van der Waals surface area contributed by atoms with Gasteiger partial charge >= 0.3 is 5.97 Å². The van der Waals surface area contributed by atoms with Gasteiger partial charge in [-0.2, -0.15) is 0 Å². The van der Waals surface area contributed by atoms with E-state index in [1.807, 2.05) is 0 Å². The first kappa shape index (κ1) is 11.5. The summed E-state index contributed by atoms with van der Waals surface area (Å²) in [5, 5.41) is 11.0. The van der Waals surface area contributed by atoms with Crippen LogP contribution in [-0.2, 0) is 14.4 Å². The van der Waals surface area contributed by atoms with E-state index in [-0.39, 0.29) is 12.5 Å². The summed E-state index contributed by atoms with van der Waals surface area (Å²) in [5.74, 6) is -1.34. The zero-order valence-corrected chi connectivity index (χ0v) is 8.31. The number of nitrogens with zero attached hydrogens (tertiary/aromatic N) is 1. The summed E-state index contributed by atoms with van der Waals surface area (Å²) in [4.78, 5) is 33.8. The zero-order valence-electron chi connectivity index (χ0n) is 8.31. The molecule has 1 saturated heterocycles. The monoisotopic (exact) mass is 214 g/mol. The molecule has 0 radical (unpaired) electrons. The van der Waals surface area contributed by atoms with Gasteiger partial charge in [0, 0.05) is 6.54 Å². The van der Waals surface area contributed by atoms with Crippen LogP contribution in [0.25, 0.3) is 0 Å². The van der Waals surface area contributed by atoms with E-state index in [0.29, 0.717) is 19.4 Å². The minimum atomic E-state index is -1.03. The van der Waals surface area contributed by atoms with Gasteiger partial charge in [-0.05, 0) is 19.3 Å². The Morgan fingerprint density at radius 2 is 2.33 bits per heavy atom. The highest BCUT2D eigenvalue weighted by molar-refractivity contribution is 5.86. The maximum atomic E-state index is 11.7. The molecule has 84 valence electrons. The fraction of sp³-hybridized carbons (Fsp3) is 0.667. The third-order valence-corrected chi connectivity index (χ3v) is 2.38. The second-order valence-corrected chi connectivity index (χ2v) is 3.49. The van der Waals surface area contributed by atoms with Crippen molar-refractivity contribution in [1.82, 2.24) is 10.2 Å². The summed E-state index contributed by atoms with van der Waals surface area (Å²) in [6.07, 6.45) is 2.64. The van der Waals surface area contributed by atoms with Gasteiger partial charge in [-0.15, -0.1) is 0 Å². The third-order valence-electron chi connectivity index (χ3n) is 2.38. The topological polar surface area (TPSA) is 86.7 Å². The molecule has 1 aliphatic rings. The molecule has 6 nitrogen and oxygen atoms in total. The number of nitrogens with one attached hydrogen (secondary N) is 1. The molecule has 0 saturated carbocycles. The predicted octanol–water partition coefficient (Wildman–Crippen LogP) is -0.802. The second kappa shape index (κ2) is 5.33. The molecule has 2 N–H and O–H groups in total. The maximum absolute atomic E-state index is 11.7. The number of aliphatic carboxylic acids is 1. The Morgan fingerprint density at radius 3 is 2.93 bits per heavy atom. The van der Waals surface area contributed by atoms with E-state index in [0.717, 1.165) is 12.8 Å². The van der Waals surface area contributed by atoms with E-state index >= 15 is 0 Å². The van der Waals surface area contributed by atoms with E-state index in [1.54, 1.807) is 0 Å². The predicted molar refractivity (Wildman–Crippen MR) is 51.1 cm³/mol. The number of hydrogen-bond donors (Lipinski definition) is 2. The molecule has 0 aromatic carbocycles. The summed E-state index contributed by atoms with van der Waals surface area (Å²) in [6, 6.07) is -0.565. The largest absolute Gasteiger partial charge is 0.480 e. The van der Waals surface area contributed by atoms with Crippen molar-refractivity contribution in [2.24, 2.45) is 0 Å². The van der Waals surface area contributed by atoms with Crippen LogP contribution in [0.1, 0.15) is 19.3 Å². The number of carboxylic acid groups (broad SMARTS) is 1. The Hall–Kier alpha value is -1.59. The quantitative estimate of drug-likeness (QED) is 0.600. The van der Waals surface area contributed by atoms with E-state index in [1.165, 1.54) is 4.90 Å². The number of carbonyl (C=O) groups excluding carboxylic acids is 2. The molecule has 1 aliphatic heterocycles. The fourth-order valence-corrected chi connectivity index (χ4v) is 1.66. The van der Waals surface area contributed by atoms with Gasteiger partial charge in [0.05, 0.1) is 0 Å². The Balaban J connectivity index is 2.65. The molecule has 0 aromatic heterocycles. The maximum Gasteiger partial charge on any atom is 0.323 e. The van der Waals surface area contributed by atoms with E-state index in [4.69, 9.17) is 5.11 Å². The lowest BCUT2D eigenvalue weighted by atomic mass is 10.1. The van der Waals surface area contributed by atoms with E-state index in [2.05, 4.69) is 5.32 Å². The van der Waals surface area contributed by atoms with Crippen molar-refractivity contribution in [2.75, 3.05) is 13.1 Å². The number of likely N-dealkylation sites (tertiary alicyclic amines) is 1. The highest BCUT2D eigenvalue weighted by atomic mass is 16.4. The zero-order chi connectivity index (χ0) is 11.3. The van der Waals surface area contributed by atoms with Crippen molar-refractivity contribution in [1.29, 1.82) is 0 Å². The van der Waals surface area contributed by atoms with Crippen LogP contribution in [0.2, 0.25) is 0 Å². The fourth-order valence-electron chi connectivity index (χ4n) is 1.66. The molecule has 15 heavy (non-hydrogen) atoms. The van der Waals surface area contributed by atoms with Gasteiger partial charge in [-0.1, -0.05) is 0 Å². The number of carboxylic acids is 1. The average Bonchev–Trinajstić information content (AvgIpc) is 2.33. The Kier molecular flexibility index (Phi) is 4.08. The van der Waals surface area contributed by atoms with E-state index in [9.17, 15) is 14.4 Å². The van der Waals surface area contributed by atoms with Crippen molar-refractivity contribution in [3.63, 3.8) is 0 Å². The first-order valence-corrected chi connectivity index (χ1v) is 4.85. The Bertz CT molecular complexity index is 267. The van der Waals surface area contributed by atoms with Crippen LogP contribution in [0.5, 0.6) is 0 Å². The number of carbonyl (C=O) groups is 3. The molecular weight excluding hydrogens is 200 g/mol. The summed E-state index contributed by atoms with van der Waals surface area (Å²) in [6.45, 7) is 0.151. The van der Waals surface area contributed by atoms with Gasteiger partial charge in [0.15, 0.2) is 0 Å². The van der Waals surface area contributed by atoms with Crippen LogP contribution >= 0.6 is 0 Å². The van der Waals surface area contributed by atoms with Gasteiger partial charge in [0.2, 0.25) is 12.3 Å². The Labute approximate surface area is 87.2 Å². The molecule has 1 rings (SSSR count). The molecule has 2 amide bonds. The number of amides is 2. The van der Waals surface area contributed by atoms with Crippen LogP contribution in [0, 0.1) is 0 Å². The van der Waals surface area contributed by atoms with Crippen LogP contribution in [-0.4, -0.2) is 47.4 Å². The van der Waals surface area contributed by atoms with Gasteiger partial charge in [0.25, 0.3) is 0 Å². The highest BCUT2D eigenvalue weighted by Gasteiger charge is 2.27. The molecule has 0 unspecified atom stereocenters. The summed E-state index contributed by atoms with van der Waals surface area (Å²) >= 11 is 0. The van der Waals surface area contributed by atoms with Gasteiger partial charge in [-0.25, -0.2) is 0 Å². The lowest BCUT2D eigenvalue weighted by molar-refractivity contribution is -0.145. The molecule has 0 bridgehead atoms. The van der Waals surface area contributed by atoms with Crippen molar-refractivity contribution >= 4 is 18.3 Å². The van der Waals surface area contributed by atoms with Crippen LogP contribution < -0.4 is 5.32 Å². The second-order valence-electron chi connectivity index (χ2n) is 3.49. The smallest absolute Gasteiger partial charge is 0.323 e. The highest BCUT2D eigenvalue weighted by Crippen LogP contribution is 2.11. The Morgan fingerprint density at radius 1 is 1.60 bits per heavy atom. The number of rotatable bonds is 4. The molecule has 1 fully saturated rings. The van der Waals surface area contributed by atoms with Crippen molar-refractivity contribution in [3.05, 3.63) is 0 Å². The first-order valence-electron chi connectivity index (χ1n) is 4.85. The molecule has 0 aromatic rings. The molecular formula is C9H14N2O4. The number of hydrogen-bond acceptors (Lipinski definition) is 3. The SMILES string of the molecule is O=CN[C@H]1CCCCN(CC(=O)O)C1=O. The lowest BCUT2D eigenvalue weighted by Crippen LogP contribution is -2.46. The van der Waals surface area contributed by atoms with Crippen LogP contribution in [0.4, 0.5) is 0 Å². The summed E-state index contributed by atoms with van der Waals surface area (Å²) < 4.78 is 0. The molecule has 1 atom stereocenters. The molecule has 1 heterocycles. The molecule has 0 aliphatic carbocycles. The van der Waals surface area contributed by atoms with Gasteiger partial charge in [-0.3, -0.25) is 14.4 Å². The molecule has 0 spiro atoms.